The lowest BCUT2D eigenvalue weighted by molar-refractivity contribution is 0.0963. The highest BCUT2D eigenvalue weighted by Gasteiger charge is 2.67. The maximum atomic E-state index is 11.7. The third kappa shape index (κ3) is 3.91. The highest BCUT2D eigenvalue weighted by molar-refractivity contribution is 7.75. The lowest BCUT2D eigenvalue weighted by atomic mass is 10.8. The highest BCUT2D eigenvalue weighted by atomic mass is 31.3. The summed E-state index contributed by atoms with van der Waals surface area (Å²) in [5, 5.41) is 1.61. The minimum absolute atomic E-state index is 0.0627. The molecule has 0 aliphatic rings. The molecule has 17 heteroatoms. The van der Waals surface area contributed by atoms with Crippen molar-refractivity contribution in [1.82, 2.24) is 0 Å². The summed E-state index contributed by atoms with van der Waals surface area (Å²) in [5.41, 5.74) is 0. The van der Waals surface area contributed by atoms with Crippen molar-refractivity contribution in [3.05, 3.63) is 0 Å². The molecule has 0 aliphatic heterocycles. The monoisotopic (exact) mass is 394 g/mol. The quantitative estimate of drug-likeness (QED) is 0.254. The Morgan fingerprint density at radius 3 is 1.19 bits per heavy atom. The largest absolute Gasteiger partial charge is 0.373 e. The van der Waals surface area contributed by atoms with Gasteiger partial charge in [0, 0.05) is 0 Å². The second-order valence-electron chi connectivity index (χ2n) is 4.15. The molecule has 8 N–H and O–H groups in total. The zero-order valence-electron chi connectivity index (χ0n) is 10.4. The fourth-order valence-corrected chi connectivity index (χ4v) is 5.72. The van der Waals surface area contributed by atoms with E-state index in [2.05, 4.69) is 4.52 Å². The molecule has 0 saturated carbocycles. The van der Waals surface area contributed by atoms with Gasteiger partial charge in [0.1, 0.15) is 0 Å². The van der Waals surface area contributed by atoms with Crippen molar-refractivity contribution in [2.24, 2.45) is 0 Å². The fraction of sp³-hybridized carbons (Fsp3) is 1.00. The maximum Gasteiger partial charge on any atom is 0.373 e. The molecule has 0 bridgehead atoms. The van der Waals surface area contributed by atoms with E-state index < -0.39 is 40.5 Å². The molecule has 13 nitrogen and oxygen atoms in total. The Bertz CT molecular complexity index is 565. The summed E-state index contributed by atoms with van der Waals surface area (Å²) >= 11 is 0. The Balaban J connectivity index is 6.15. The molecule has 0 spiro atoms. The summed E-state index contributed by atoms with van der Waals surface area (Å²) in [6, 6.07) is 0. The van der Waals surface area contributed by atoms with Gasteiger partial charge < -0.3 is 39.4 Å². The summed E-state index contributed by atoms with van der Waals surface area (Å²) in [6.45, 7) is 0.168. The summed E-state index contributed by atoms with van der Waals surface area (Å²) in [7, 11) is -23.6. The van der Waals surface area contributed by atoms with Crippen LogP contribution >= 0.6 is 30.4 Å². The van der Waals surface area contributed by atoms with Gasteiger partial charge in [0.2, 0.25) is 0 Å². The van der Waals surface area contributed by atoms with Gasteiger partial charge in [0.25, 0.3) is 10.2 Å². The summed E-state index contributed by atoms with van der Waals surface area (Å²) < 4.78 is 48.7. The number of rotatable bonds is 6. The lowest BCUT2D eigenvalue weighted by Crippen LogP contribution is -2.33. The first-order valence-corrected chi connectivity index (χ1v) is 11.0. The Labute approximate surface area is 117 Å². The summed E-state index contributed by atoms with van der Waals surface area (Å²) in [6.07, 6.45) is 0. The lowest BCUT2D eigenvalue weighted by Gasteiger charge is -2.36. The van der Waals surface area contributed by atoms with Crippen molar-refractivity contribution >= 4 is 30.4 Å². The van der Waals surface area contributed by atoms with E-state index in [0.717, 1.165) is 0 Å². The summed E-state index contributed by atoms with van der Waals surface area (Å²) in [5.74, 6) is 0. The van der Waals surface area contributed by atoms with Gasteiger partial charge >= 0.3 is 30.4 Å². The van der Waals surface area contributed by atoms with E-state index in [-0.39, 0.29) is 13.8 Å². The topological polar surface area (TPSA) is 239 Å². The number of hydrogen-bond acceptors (Lipinski definition) is 6. The van der Waals surface area contributed by atoms with Gasteiger partial charge in [-0.15, -0.1) is 0 Å². The van der Waals surface area contributed by atoms with Crippen LogP contribution in [0, 0.1) is 0 Å². The molecule has 0 saturated heterocycles. The zero-order chi connectivity index (χ0) is 17.7. The van der Waals surface area contributed by atoms with Crippen molar-refractivity contribution in [2.45, 2.75) is 24.0 Å². The molecule has 0 aromatic heterocycles. The smallest absolute Gasteiger partial charge is 0.368 e. The third-order valence-corrected chi connectivity index (χ3v) is 11.0. The SMILES string of the molecule is CC(OP(=O)(O)C(C)(O)P(=O)(O)O)(P(=O)(O)O)P(=O)(O)O. The van der Waals surface area contributed by atoms with E-state index in [9.17, 15) is 28.3 Å². The molecule has 0 rings (SSSR count). The van der Waals surface area contributed by atoms with Crippen molar-refractivity contribution in [2.75, 3.05) is 0 Å². The van der Waals surface area contributed by atoms with Gasteiger partial charge in [-0.3, -0.25) is 22.8 Å². The first-order chi connectivity index (χ1) is 8.71. The zero-order valence-corrected chi connectivity index (χ0v) is 14.0. The van der Waals surface area contributed by atoms with E-state index in [1.807, 2.05) is 0 Å². The number of hydrogen-bond donors (Lipinski definition) is 8. The van der Waals surface area contributed by atoms with Crippen molar-refractivity contribution < 1.29 is 62.1 Å². The molecule has 2 unspecified atom stereocenters. The van der Waals surface area contributed by atoms with Gasteiger partial charge in [-0.2, -0.15) is 0 Å². The van der Waals surface area contributed by atoms with Crippen LogP contribution < -0.4 is 0 Å². The van der Waals surface area contributed by atoms with Crippen LogP contribution in [-0.2, 0) is 22.8 Å². The molecule has 0 fully saturated rings. The van der Waals surface area contributed by atoms with E-state index in [4.69, 9.17) is 29.4 Å². The van der Waals surface area contributed by atoms with E-state index in [1.54, 1.807) is 0 Å². The van der Waals surface area contributed by atoms with Crippen LogP contribution in [0.3, 0.4) is 0 Å². The molecule has 0 aliphatic carbocycles. The molecule has 21 heavy (non-hydrogen) atoms. The molecular weight excluding hydrogens is 380 g/mol. The standard InChI is InChI=1S/C4H14O13P4/c1-3(5,18(6,7)8)21(15,16)17-4(2,19(9,10)11)20(12,13)14/h5H,1-2H3,(H,15,16)(H2,6,7,8)(H2,9,10,11)(H2,12,13,14). The van der Waals surface area contributed by atoms with Gasteiger partial charge in [0.15, 0.2) is 0 Å². The van der Waals surface area contributed by atoms with Crippen LogP contribution in [-0.4, -0.2) is 49.5 Å². The van der Waals surface area contributed by atoms with Crippen LogP contribution in [0.15, 0.2) is 0 Å². The molecular formula is C4H14O13P4. The normalized spacial score (nSPS) is 20.7. The van der Waals surface area contributed by atoms with Crippen LogP contribution in [0.2, 0.25) is 0 Å². The van der Waals surface area contributed by atoms with Gasteiger partial charge in [-0.1, -0.05) is 0 Å². The van der Waals surface area contributed by atoms with E-state index >= 15 is 0 Å². The first-order valence-electron chi connectivity index (χ1n) is 4.64. The molecule has 0 aromatic carbocycles. The predicted octanol–water partition coefficient (Wildman–Crippen LogP) is -0.939. The molecule has 128 valence electrons. The minimum Gasteiger partial charge on any atom is -0.368 e. The van der Waals surface area contributed by atoms with Crippen LogP contribution in [0.4, 0.5) is 0 Å². The average molecular weight is 394 g/mol. The maximum absolute atomic E-state index is 11.7. The molecule has 0 aromatic rings. The number of aliphatic hydroxyl groups is 1. The first kappa shape index (κ1) is 21.6. The van der Waals surface area contributed by atoms with Crippen molar-refractivity contribution in [1.29, 1.82) is 0 Å². The fourth-order valence-electron chi connectivity index (χ4n) is 0.762. The molecule has 2 atom stereocenters. The minimum atomic E-state index is -6.02. The Hall–Kier alpha value is 0.560. The summed E-state index contributed by atoms with van der Waals surface area (Å²) in [4.78, 5) is 62.4. The van der Waals surface area contributed by atoms with Crippen LogP contribution in [0.5, 0.6) is 0 Å². The van der Waals surface area contributed by atoms with Crippen LogP contribution in [0.25, 0.3) is 0 Å². The Morgan fingerprint density at radius 2 is 1.00 bits per heavy atom. The van der Waals surface area contributed by atoms with E-state index in [1.165, 1.54) is 0 Å². The van der Waals surface area contributed by atoms with Crippen LogP contribution in [0.1, 0.15) is 13.8 Å². The molecule has 0 heterocycles. The Kier molecular flexibility index (Phi) is 5.72. The van der Waals surface area contributed by atoms with E-state index in [0.29, 0.717) is 0 Å². The molecule has 0 amide bonds. The predicted molar refractivity (Wildman–Crippen MR) is 66.1 cm³/mol. The van der Waals surface area contributed by atoms with Gasteiger partial charge in [-0.25, -0.2) is 0 Å². The molecule has 0 radical (unpaired) electrons. The average Bonchev–Trinajstić information content (AvgIpc) is 2.10. The third-order valence-electron chi connectivity index (χ3n) is 2.46. The second-order valence-corrected chi connectivity index (χ2v) is 12.8. The van der Waals surface area contributed by atoms with Gasteiger partial charge in [0.05, 0.1) is 0 Å². The van der Waals surface area contributed by atoms with Crippen molar-refractivity contribution in [3.8, 4) is 0 Å². The van der Waals surface area contributed by atoms with Gasteiger partial charge in [-0.05, 0) is 13.8 Å². The second kappa shape index (κ2) is 5.58. The van der Waals surface area contributed by atoms with Crippen molar-refractivity contribution in [3.63, 3.8) is 0 Å². The Morgan fingerprint density at radius 1 is 0.714 bits per heavy atom. The highest BCUT2D eigenvalue weighted by Crippen LogP contribution is 2.78.